The zero-order chi connectivity index (χ0) is 23.4. The molecular formula is C21H18F4N4O2S. The summed E-state index contributed by atoms with van der Waals surface area (Å²) in [4.78, 5) is 6.98. The molecule has 2 N–H and O–H groups in total. The minimum Gasteiger partial charge on any atom is -0.352 e. The Morgan fingerprint density at radius 2 is 1.66 bits per heavy atom. The highest BCUT2D eigenvalue weighted by Gasteiger charge is 2.33. The lowest BCUT2D eigenvalue weighted by atomic mass is 10.2. The summed E-state index contributed by atoms with van der Waals surface area (Å²) in [7, 11) is -2.76. The van der Waals surface area contributed by atoms with Gasteiger partial charge in [0.2, 0.25) is 9.84 Å². The summed E-state index contributed by atoms with van der Waals surface area (Å²) in [5.74, 6) is -0.820. The Balaban J connectivity index is 1.74. The number of sulfone groups is 1. The van der Waals surface area contributed by atoms with E-state index in [0.717, 1.165) is 5.69 Å². The van der Waals surface area contributed by atoms with Crippen molar-refractivity contribution < 1.29 is 26.0 Å². The molecule has 0 saturated carbocycles. The predicted octanol–water partition coefficient (Wildman–Crippen LogP) is 4.26. The van der Waals surface area contributed by atoms with Gasteiger partial charge in [-0.25, -0.2) is 12.8 Å². The molecule has 168 valence electrons. The zero-order valence-corrected chi connectivity index (χ0v) is 17.5. The molecule has 0 atom stereocenters. The highest BCUT2D eigenvalue weighted by molar-refractivity contribution is 7.91. The third-order valence-electron chi connectivity index (χ3n) is 4.37. The van der Waals surface area contributed by atoms with Gasteiger partial charge in [0, 0.05) is 31.7 Å². The molecule has 0 amide bonds. The molecule has 11 heteroatoms. The number of alkyl halides is 3. The number of aliphatic imine (C=N–C) groups is 1. The maximum absolute atomic E-state index is 13.6. The molecule has 0 aliphatic heterocycles. The van der Waals surface area contributed by atoms with Crippen molar-refractivity contribution in [3.8, 4) is 0 Å². The lowest BCUT2D eigenvalue weighted by Gasteiger charge is -2.13. The second-order valence-corrected chi connectivity index (χ2v) is 8.56. The van der Waals surface area contributed by atoms with Crippen LogP contribution in [0.2, 0.25) is 0 Å². The van der Waals surface area contributed by atoms with Crippen LogP contribution in [-0.2, 0) is 22.6 Å². The van der Waals surface area contributed by atoms with Crippen LogP contribution in [0.5, 0.6) is 0 Å². The number of guanidine groups is 1. The standard InChI is InChI=1S/C21H18F4N4O2S/c1-26-20(29-17-6-8-27-9-7-17)28-13-14-2-4-18(5-3-14)32(30,31)19-11-15(21(23,24)25)10-16(22)12-19/h2-12H,13H2,1H3,(H2,26,27,28,29). The molecular weight excluding hydrogens is 448 g/mol. The Hall–Kier alpha value is -3.47. The molecule has 0 radical (unpaired) electrons. The molecule has 1 heterocycles. The van der Waals surface area contributed by atoms with Crippen molar-refractivity contribution in [1.29, 1.82) is 0 Å². The molecule has 0 fully saturated rings. The van der Waals surface area contributed by atoms with Crippen molar-refractivity contribution in [2.45, 2.75) is 22.5 Å². The fourth-order valence-corrected chi connectivity index (χ4v) is 4.06. The van der Waals surface area contributed by atoms with Gasteiger partial charge in [0.25, 0.3) is 0 Å². The van der Waals surface area contributed by atoms with Crippen LogP contribution in [0.1, 0.15) is 11.1 Å². The molecule has 0 spiro atoms. The Bertz CT molecular complexity index is 1210. The van der Waals surface area contributed by atoms with E-state index in [0.29, 0.717) is 30.2 Å². The number of nitrogens with one attached hydrogen (secondary N) is 2. The van der Waals surface area contributed by atoms with Gasteiger partial charge in [-0.05, 0) is 48.0 Å². The predicted molar refractivity (Wildman–Crippen MR) is 111 cm³/mol. The SMILES string of the molecule is CN=C(NCc1ccc(S(=O)(=O)c2cc(F)cc(C(F)(F)F)c2)cc1)Nc1ccncc1. The van der Waals surface area contributed by atoms with Crippen molar-refractivity contribution >= 4 is 21.5 Å². The summed E-state index contributed by atoms with van der Waals surface area (Å²) in [5.41, 5.74) is 0.0877. The van der Waals surface area contributed by atoms with Crippen LogP contribution in [0.15, 0.2) is 81.8 Å². The summed E-state index contributed by atoms with van der Waals surface area (Å²) in [6, 6.07) is 10.3. The number of halogens is 4. The Morgan fingerprint density at radius 3 is 2.25 bits per heavy atom. The van der Waals surface area contributed by atoms with Crippen LogP contribution in [0.4, 0.5) is 23.2 Å². The van der Waals surface area contributed by atoms with E-state index in [2.05, 4.69) is 20.6 Å². The number of nitrogens with zero attached hydrogens (tertiary/aromatic N) is 2. The first kappa shape index (κ1) is 23.2. The van der Waals surface area contributed by atoms with Gasteiger partial charge >= 0.3 is 6.18 Å². The van der Waals surface area contributed by atoms with E-state index in [4.69, 9.17) is 0 Å². The van der Waals surface area contributed by atoms with E-state index in [9.17, 15) is 26.0 Å². The summed E-state index contributed by atoms with van der Waals surface area (Å²) < 4.78 is 77.8. The number of pyridine rings is 1. The van der Waals surface area contributed by atoms with Crippen molar-refractivity contribution in [2.24, 2.45) is 4.99 Å². The first-order chi connectivity index (χ1) is 15.1. The van der Waals surface area contributed by atoms with Gasteiger partial charge in [0.15, 0.2) is 5.96 Å². The lowest BCUT2D eigenvalue weighted by molar-refractivity contribution is -0.137. The average molecular weight is 466 g/mol. The molecule has 6 nitrogen and oxygen atoms in total. The van der Waals surface area contributed by atoms with E-state index in [1.165, 1.54) is 24.3 Å². The van der Waals surface area contributed by atoms with Gasteiger partial charge in [-0.2, -0.15) is 13.2 Å². The normalized spacial score (nSPS) is 12.5. The average Bonchev–Trinajstić information content (AvgIpc) is 2.76. The number of benzene rings is 2. The third kappa shape index (κ3) is 5.61. The summed E-state index contributed by atoms with van der Waals surface area (Å²) in [6.45, 7) is 0.295. The highest BCUT2D eigenvalue weighted by Crippen LogP contribution is 2.33. The second-order valence-electron chi connectivity index (χ2n) is 6.61. The number of anilines is 1. The molecule has 0 saturated heterocycles. The topological polar surface area (TPSA) is 83.5 Å². The molecule has 0 aliphatic rings. The van der Waals surface area contributed by atoms with Crippen LogP contribution in [0, 0.1) is 5.82 Å². The maximum Gasteiger partial charge on any atom is 0.416 e. The van der Waals surface area contributed by atoms with Gasteiger partial charge in [-0.15, -0.1) is 0 Å². The largest absolute Gasteiger partial charge is 0.416 e. The lowest BCUT2D eigenvalue weighted by Crippen LogP contribution is -2.30. The molecule has 1 aromatic heterocycles. The molecule has 3 rings (SSSR count). The number of hydrogen-bond donors (Lipinski definition) is 2. The smallest absolute Gasteiger partial charge is 0.352 e. The van der Waals surface area contributed by atoms with Crippen molar-refractivity contribution in [3.63, 3.8) is 0 Å². The van der Waals surface area contributed by atoms with Gasteiger partial charge in [0.1, 0.15) is 5.82 Å². The highest BCUT2D eigenvalue weighted by atomic mass is 32.2. The zero-order valence-electron chi connectivity index (χ0n) is 16.7. The fraction of sp³-hybridized carbons (Fsp3) is 0.143. The fourth-order valence-electron chi connectivity index (χ4n) is 2.74. The quantitative estimate of drug-likeness (QED) is 0.334. The van der Waals surface area contributed by atoms with Crippen molar-refractivity contribution in [3.05, 3.63) is 83.9 Å². The van der Waals surface area contributed by atoms with Crippen molar-refractivity contribution in [1.82, 2.24) is 10.3 Å². The molecule has 0 unspecified atom stereocenters. The Labute approximate surface area is 182 Å². The van der Waals surface area contributed by atoms with Crippen molar-refractivity contribution in [2.75, 3.05) is 12.4 Å². The molecule has 32 heavy (non-hydrogen) atoms. The number of rotatable bonds is 5. The van der Waals surface area contributed by atoms with Gasteiger partial charge in [0.05, 0.1) is 15.4 Å². The summed E-state index contributed by atoms with van der Waals surface area (Å²) in [6.07, 6.45) is -1.64. The van der Waals surface area contributed by atoms with E-state index in [-0.39, 0.29) is 11.0 Å². The van der Waals surface area contributed by atoms with Gasteiger partial charge < -0.3 is 10.6 Å². The monoisotopic (exact) mass is 466 g/mol. The Kier molecular flexibility index (Phi) is 6.78. The van der Waals surface area contributed by atoms with Crippen LogP contribution < -0.4 is 10.6 Å². The number of aromatic nitrogens is 1. The first-order valence-corrected chi connectivity index (χ1v) is 10.7. The molecule has 3 aromatic rings. The molecule has 0 aliphatic carbocycles. The van der Waals surface area contributed by atoms with E-state index < -0.39 is 32.3 Å². The summed E-state index contributed by atoms with van der Waals surface area (Å²) in [5, 5.41) is 6.10. The second kappa shape index (κ2) is 9.35. The minimum atomic E-state index is -4.87. The van der Waals surface area contributed by atoms with Crippen LogP contribution in [0.25, 0.3) is 0 Å². The van der Waals surface area contributed by atoms with Gasteiger partial charge in [-0.1, -0.05) is 12.1 Å². The maximum atomic E-state index is 13.6. The minimum absolute atomic E-state index is 0.251. The van der Waals surface area contributed by atoms with E-state index in [1.807, 2.05) is 0 Å². The van der Waals surface area contributed by atoms with E-state index in [1.54, 1.807) is 31.6 Å². The molecule has 2 aromatic carbocycles. The van der Waals surface area contributed by atoms with E-state index >= 15 is 0 Å². The number of hydrogen-bond acceptors (Lipinski definition) is 4. The van der Waals surface area contributed by atoms with Crippen LogP contribution in [0.3, 0.4) is 0 Å². The van der Waals surface area contributed by atoms with Gasteiger partial charge in [-0.3, -0.25) is 9.98 Å². The van der Waals surface area contributed by atoms with Crippen LogP contribution in [-0.4, -0.2) is 26.4 Å². The summed E-state index contributed by atoms with van der Waals surface area (Å²) >= 11 is 0. The first-order valence-electron chi connectivity index (χ1n) is 9.19. The van der Waals surface area contributed by atoms with Crippen LogP contribution >= 0.6 is 0 Å². The third-order valence-corrected chi connectivity index (χ3v) is 6.12. The molecule has 0 bridgehead atoms. The Morgan fingerprint density at radius 1 is 1.00 bits per heavy atom.